The van der Waals surface area contributed by atoms with Crippen LogP contribution in [0.25, 0.3) is 38.8 Å². The maximum atomic E-state index is 4.65. The summed E-state index contributed by atoms with van der Waals surface area (Å²) in [5, 5.41) is 1.14. The summed E-state index contributed by atoms with van der Waals surface area (Å²) in [4.78, 5) is 19.1. The minimum atomic E-state index is 0.904. The summed E-state index contributed by atoms with van der Waals surface area (Å²) in [6, 6.07) is 8.47. The van der Waals surface area contributed by atoms with Crippen LogP contribution in [0.3, 0.4) is 0 Å². The quantitative estimate of drug-likeness (QED) is 0.601. The molecule has 4 heterocycles. The van der Waals surface area contributed by atoms with Crippen LogP contribution in [0.4, 0.5) is 0 Å². The van der Waals surface area contributed by atoms with Gasteiger partial charge >= 0.3 is 0 Å². The normalized spacial score (nSPS) is 15.5. The van der Waals surface area contributed by atoms with Gasteiger partial charge in [-0.25, -0.2) is 4.98 Å². The van der Waals surface area contributed by atoms with Gasteiger partial charge in [-0.15, -0.1) is 0 Å². The number of nitrogens with one attached hydrogen (secondary N) is 1. The third kappa shape index (κ3) is 2.57. The van der Waals surface area contributed by atoms with E-state index in [1.54, 1.807) is 12.4 Å². The van der Waals surface area contributed by atoms with Crippen molar-refractivity contribution in [2.75, 3.05) is 20.1 Å². The Bertz CT molecular complexity index is 1140. The molecule has 1 aromatic carbocycles. The summed E-state index contributed by atoms with van der Waals surface area (Å²) in [5.74, 6) is 0. The zero-order valence-corrected chi connectivity index (χ0v) is 14.6. The van der Waals surface area contributed by atoms with Crippen molar-refractivity contribution < 1.29 is 0 Å². The van der Waals surface area contributed by atoms with E-state index in [-0.39, 0.29) is 0 Å². The second-order valence-corrected chi connectivity index (χ2v) is 6.82. The first-order valence-electron chi connectivity index (χ1n) is 8.84. The fourth-order valence-corrected chi connectivity index (χ4v) is 3.58. The molecule has 128 valence electrons. The van der Waals surface area contributed by atoms with Crippen LogP contribution in [-0.4, -0.2) is 45.0 Å². The molecular weight excluding hydrogens is 322 g/mol. The number of rotatable bonds is 2. The van der Waals surface area contributed by atoms with E-state index in [2.05, 4.69) is 56.2 Å². The van der Waals surface area contributed by atoms with E-state index in [1.165, 1.54) is 11.1 Å². The number of pyridine rings is 1. The predicted octanol–water partition coefficient (Wildman–Crippen LogP) is 3.89. The molecule has 0 saturated heterocycles. The summed E-state index contributed by atoms with van der Waals surface area (Å²) >= 11 is 0. The van der Waals surface area contributed by atoms with Gasteiger partial charge in [-0.2, -0.15) is 0 Å². The number of hydrogen-bond acceptors (Lipinski definition) is 4. The molecule has 0 fully saturated rings. The van der Waals surface area contributed by atoms with Crippen molar-refractivity contribution in [3.05, 3.63) is 60.7 Å². The van der Waals surface area contributed by atoms with Crippen molar-refractivity contribution in [1.82, 2.24) is 24.8 Å². The molecule has 0 amide bonds. The maximum absolute atomic E-state index is 4.65. The first-order valence-corrected chi connectivity index (χ1v) is 8.84. The number of nitrogens with zero attached hydrogens (tertiary/aromatic N) is 4. The molecule has 3 aromatic heterocycles. The molecule has 0 saturated carbocycles. The average Bonchev–Trinajstić information content (AvgIpc) is 3.11. The van der Waals surface area contributed by atoms with Gasteiger partial charge in [0.25, 0.3) is 0 Å². The van der Waals surface area contributed by atoms with Crippen LogP contribution in [0.15, 0.2) is 55.1 Å². The Kier molecular flexibility index (Phi) is 3.53. The van der Waals surface area contributed by atoms with Crippen molar-refractivity contribution in [3.8, 4) is 11.1 Å². The summed E-state index contributed by atoms with van der Waals surface area (Å²) in [5.41, 5.74) is 7.60. The van der Waals surface area contributed by atoms with E-state index >= 15 is 0 Å². The molecule has 0 bridgehead atoms. The van der Waals surface area contributed by atoms with Gasteiger partial charge in [-0.3, -0.25) is 9.97 Å². The van der Waals surface area contributed by atoms with Gasteiger partial charge in [0.05, 0.1) is 11.0 Å². The fourth-order valence-electron chi connectivity index (χ4n) is 3.58. The Balaban J connectivity index is 1.62. The van der Waals surface area contributed by atoms with Crippen molar-refractivity contribution >= 4 is 27.6 Å². The second kappa shape index (κ2) is 6.04. The van der Waals surface area contributed by atoms with Gasteiger partial charge in [0.1, 0.15) is 5.65 Å². The van der Waals surface area contributed by atoms with E-state index in [9.17, 15) is 0 Å². The van der Waals surface area contributed by atoms with E-state index in [0.29, 0.717) is 0 Å². The molecule has 1 aliphatic rings. The number of aromatic amines is 1. The molecule has 1 N–H and O–H groups in total. The Morgan fingerprint density at radius 3 is 2.73 bits per heavy atom. The molecule has 0 atom stereocenters. The highest BCUT2D eigenvalue weighted by Gasteiger charge is 2.13. The lowest BCUT2D eigenvalue weighted by Gasteiger charge is -2.21. The van der Waals surface area contributed by atoms with E-state index in [1.807, 2.05) is 18.5 Å². The van der Waals surface area contributed by atoms with Crippen molar-refractivity contribution in [2.24, 2.45) is 0 Å². The molecule has 1 aliphatic heterocycles. The van der Waals surface area contributed by atoms with Gasteiger partial charge in [0.15, 0.2) is 0 Å². The SMILES string of the molecule is CN1CC=C(c2cnc3[nH]cc(-c4ccc5nccnc5c4)c3c2)CC1. The highest BCUT2D eigenvalue weighted by Crippen LogP contribution is 2.32. The maximum Gasteiger partial charge on any atom is 0.137 e. The van der Waals surface area contributed by atoms with E-state index in [4.69, 9.17) is 0 Å². The molecule has 0 spiro atoms. The zero-order valence-electron chi connectivity index (χ0n) is 14.6. The number of benzene rings is 1. The minimum Gasteiger partial charge on any atom is -0.346 e. The lowest BCUT2D eigenvalue weighted by molar-refractivity contribution is 0.370. The van der Waals surface area contributed by atoms with Gasteiger partial charge < -0.3 is 9.88 Å². The monoisotopic (exact) mass is 341 g/mol. The van der Waals surface area contributed by atoms with Crippen LogP contribution >= 0.6 is 0 Å². The van der Waals surface area contributed by atoms with Crippen LogP contribution in [-0.2, 0) is 0 Å². The Morgan fingerprint density at radius 2 is 1.88 bits per heavy atom. The Hall–Kier alpha value is -3.05. The van der Waals surface area contributed by atoms with Crippen molar-refractivity contribution in [2.45, 2.75) is 6.42 Å². The largest absolute Gasteiger partial charge is 0.346 e. The first kappa shape index (κ1) is 15.2. The smallest absolute Gasteiger partial charge is 0.137 e. The molecule has 5 rings (SSSR count). The van der Waals surface area contributed by atoms with Crippen LogP contribution in [0.2, 0.25) is 0 Å². The summed E-state index contributed by atoms with van der Waals surface area (Å²) in [6.07, 6.45) is 10.8. The van der Waals surface area contributed by atoms with E-state index < -0.39 is 0 Å². The third-order valence-electron chi connectivity index (χ3n) is 5.09. The first-order chi connectivity index (χ1) is 12.8. The topological polar surface area (TPSA) is 57.7 Å². The van der Waals surface area contributed by atoms with Gasteiger partial charge in [0, 0.05) is 48.8 Å². The average molecular weight is 341 g/mol. The lowest BCUT2D eigenvalue weighted by atomic mass is 9.98. The van der Waals surface area contributed by atoms with Crippen LogP contribution in [0, 0.1) is 0 Å². The minimum absolute atomic E-state index is 0.904. The van der Waals surface area contributed by atoms with Gasteiger partial charge in [-0.05, 0) is 48.4 Å². The molecule has 0 aliphatic carbocycles. The molecule has 0 unspecified atom stereocenters. The van der Waals surface area contributed by atoms with Crippen molar-refractivity contribution in [1.29, 1.82) is 0 Å². The molecule has 5 heteroatoms. The number of likely N-dealkylation sites (N-methyl/N-ethyl adjacent to an activating group) is 1. The van der Waals surface area contributed by atoms with Crippen LogP contribution in [0.5, 0.6) is 0 Å². The van der Waals surface area contributed by atoms with Crippen LogP contribution < -0.4 is 0 Å². The molecule has 26 heavy (non-hydrogen) atoms. The highest BCUT2D eigenvalue weighted by molar-refractivity contribution is 5.97. The van der Waals surface area contributed by atoms with E-state index in [0.717, 1.165) is 52.7 Å². The van der Waals surface area contributed by atoms with Crippen molar-refractivity contribution in [3.63, 3.8) is 0 Å². The zero-order chi connectivity index (χ0) is 17.5. The van der Waals surface area contributed by atoms with Gasteiger partial charge in [-0.1, -0.05) is 12.1 Å². The Labute approximate surface area is 151 Å². The predicted molar refractivity (Wildman–Crippen MR) is 105 cm³/mol. The summed E-state index contributed by atoms with van der Waals surface area (Å²) < 4.78 is 0. The summed E-state index contributed by atoms with van der Waals surface area (Å²) in [6.45, 7) is 2.09. The fraction of sp³-hybridized carbons (Fsp3) is 0.190. The summed E-state index contributed by atoms with van der Waals surface area (Å²) in [7, 11) is 2.15. The third-order valence-corrected chi connectivity index (χ3v) is 5.09. The second-order valence-electron chi connectivity index (χ2n) is 6.82. The molecule has 5 nitrogen and oxygen atoms in total. The number of aromatic nitrogens is 4. The van der Waals surface area contributed by atoms with Gasteiger partial charge in [0.2, 0.25) is 0 Å². The lowest BCUT2D eigenvalue weighted by Crippen LogP contribution is -2.23. The standard InChI is InChI=1S/C21H19N5/c1-26-8-4-14(5-9-26)16-10-17-18(13-25-21(17)24-12-16)15-2-3-19-20(11-15)23-7-6-22-19/h2-4,6-7,10-13H,5,8-9H2,1H3,(H,24,25). The molecular formula is C21H19N5. The van der Waals surface area contributed by atoms with Crippen LogP contribution in [0.1, 0.15) is 12.0 Å². The number of fused-ring (bicyclic) bond motifs is 2. The molecule has 4 aromatic rings. The highest BCUT2D eigenvalue weighted by atomic mass is 15.1. The number of H-pyrrole nitrogens is 1. The number of hydrogen-bond donors (Lipinski definition) is 1. The molecule has 0 radical (unpaired) electrons. The Morgan fingerprint density at radius 1 is 1.00 bits per heavy atom.